The van der Waals surface area contributed by atoms with E-state index in [0.717, 1.165) is 21.9 Å². The molecule has 4 aromatic rings. The molecule has 3 aromatic carbocycles. The van der Waals surface area contributed by atoms with Gasteiger partial charge in [0.15, 0.2) is 15.6 Å². The van der Waals surface area contributed by atoms with Crippen LogP contribution in [0.3, 0.4) is 0 Å². The van der Waals surface area contributed by atoms with Gasteiger partial charge >= 0.3 is 0 Å². The number of pyridine rings is 1. The van der Waals surface area contributed by atoms with E-state index in [1.54, 1.807) is 18.2 Å². The molecule has 0 radical (unpaired) electrons. The fraction of sp³-hybridized carbons (Fsp3) is 0.154. The lowest BCUT2D eigenvalue weighted by Gasteiger charge is -2.24. The van der Waals surface area contributed by atoms with Gasteiger partial charge in [-0.15, -0.1) is 0 Å². The number of sulfone groups is 1. The second-order valence-corrected chi connectivity index (χ2v) is 11.0. The third-order valence-corrected chi connectivity index (χ3v) is 7.37. The number of nitrogens with zero attached hydrogens (tertiary/aromatic N) is 1. The van der Waals surface area contributed by atoms with Crippen molar-refractivity contribution in [2.24, 2.45) is 0 Å². The van der Waals surface area contributed by atoms with Gasteiger partial charge in [-0.1, -0.05) is 58.4 Å². The molecule has 0 N–H and O–H groups in total. The van der Waals surface area contributed by atoms with Crippen molar-refractivity contribution in [2.45, 2.75) is 24.8 Å². The van der Waals surface area contributed by atoms with E-state index in [2.05, 4.69) is 15.9 Å². The molecule has 0 aliphatic heterocycles. The molecule has 168 valence electrons. The van der Waals surface area contributed by atoms with E-state index in [0.29, 0.717) is 22.0 Å². The summed E-state index contributed by atoms with van der Waals surface area (Å²) in [5.41, 5.74) is 2.29. The summed E-state index contributed by atoms with van der Waals surface area (Å²) in [6.07, 6.45) is 1.15. The number of Topliss-reactive ketones (excluding diaryl/α,β-unsaturated/α-hetero) is 1. The largest absolute Gasteiger partial charge is 0.297 e. The Hall–Kier alpha value is -3.03. The SMILES string of the molecule is CC(=O)c1c(-c2ccccc2)c2cc(Br)ccc2c(=O)n1C(C)c1ccc(S(C)(=O)=O)cc1. The molecule has 0 bridgehead atoms. The molecule has 0 aliphatic rings. The summed E-state index contributed by atoms with van der Waals surface area (Å²) in [5.74, 6) is -0.229. The predicted molar refractivity (Wildman–Crippen MR) is 135 cm³/mol. The van der Waals surface area contributed by atoms with E-state index in [9.17, 15) is 18.0 Å². The minimum absolute atomic E-state index is 0.200. The summed E-state index contributed by atoms with van der Waals surface area (Å²) in [4.78, 5) is 26.9. The first-order valence-electron chi connectivity index (χ1n) is 10.3. The monoisotopic (exact) mass is 523 g/mol. The maximum absolute atomic E-state index is 13.7. The molecule has 0 amide bonds. The Morgan fingerprint density at radius 1 is 0.939 bits per heavy atom. The van der Waals surface area contributed by atoms with Crippen LogP contribution in [0.25, 0.3) is 21.9 Å². The molecule has 5 nitrogen and oxygen atoms in total. The lowest BCUT2D eigenvalue weighted by Crippen LogP contribution is -2.30. The number of rotatable bonds is 5. The topological polar surface area (TPSA) is 73.2 Å². The number of carbonyl (C=O) groups is 1. The van der Waals surface area contributed by atoms with E-state index >= 15 is 0 Å². The van der Waals surface area contributed by atoms with E-state index in [1.165, 1.54) is 23.6 Å². The molecule has 0 fully saturated rings. The highest BCUT2D eigenvalue weighted by Crippen LogP contribution is 2.34. The minimum atomic E-state index is -3.34. The third kappa shape index (κ3) is 4.30. The second-order valence-electron chi connectivity index (χ2n) is 8.03. The molecule has 1 atom stereocenters. The minimum Gasteiger partial charge on any atom is -0.297 e. The summed E-state index contributed by atoms with van der Waals surface area (Å²) < 4.78 is 26.0. The lowest BCUT2D eigenvalue weighted by atomic mass is 9.94. The summed E-state index contributed by atoms with van der Waals surface area (Å²) in [5, 5.41) is 1.20. The second kappa shape index (κ2) is 8.72. The van der Waals surface area contributed by atoms with Crippen LogP contribution < -0.4 is 5.56 Å². The molecule has 33 heavy (non-hydrogen) atoms. The zero-order chi connectivity index (χ0) is 23.9. The Bertz CT molecular complexity index is 1540. The average molecular weight is 524 g/mol. The molecule has 0 saturated carbocycles. The number of ketones is 1. The van der Waals surface area contributed by atoms with Crippen molar-refractivity contribution in [3.8, 4) is 11.1 Å². The predicted octanol–water partition coefficient (Wildman–Crippen LogP) is 5.65. The smallest absolute Gasteiger partial charge is 0.259 e. The Kier molecular flexibility index (Phi) is 6.12. The van der Waals surface area contributed by atoms with Crippen molar-refractivity contribution < 1.29 is 13.2 Å². The standard InChI is InChI=1S/C26H22BrNO4S/c1-16(18-9-12-21(13-10-18)33(3,31)32)28-25(17(2)29)24(19-7-5-4-6-8-19)23-15-20(27)11-14-22(23)26(28)30/h4-16H,1-3H3. The number of halogens is 1. The van der Waals surface area contributed by atoms with Crippen molar-refractivity contribution >= 4 is 42.3 Å². The average Bonchev–Trinajstić information content (AvgIpc) is 2.78. The summed E-state index contributed by atoms with van der Waals surface area (Å²) in [6, 6.07) is 20.9. The van der Waals surface area contributed by atoms with Gasteiger partial charge in [0.25, 0.3) is 5.56 Å². The van der Waals surface area contributed by atoms with Crippen LogP contribution in [0.15, 0.2) is 87.0 Å². The number of aromatic nitrogens is 1. The van der Waals surface area contributed by atoms with Crippen molar-refractivity contribution in [3.05, 3.63) is 98.9 Å². The van der Waals surface area contributed by atoms with Crippen LogP contribution in [0.2, 0.25) is 0 Å². The Morgan fingerprint density at radius 3 is 2.15 bits per heavy atom. The molecule has 1 heterocycles. The van der Waals surface area contributed by atoms with E-state index in [-0.39, 0.29) is 16.2 Å². The Morgan fingerprint density at radius 2 is 1.58 bits per heavy atom. The van der Waals surface area contributed by atoms with Gasteiger partial charge in [0.2, 0.25) is 0 Å². The van der Waals surface area contributed by atoms with Gasteiger partial charge in [-0.2, -0.15) is 0 Å². The van der Waals surface area contributed by atoms with Crippen LogP contribution in [0.5, 0.6) is 0 Å². The van der Waals surface area contributed by atoms with Crippen molar-refractivity contribution in [1.29, 1.82) is 0 Å². The highest BCUT2D eigenvalue weighted by atomic mass is 79.9. The van der Waals surface area contributed by atoms with Crippen molar-refractivity contribution in [2.75, 3.05) is 6.26 Å². The quantitative estimate of drug-likeness (QED) is 0.317. The van der Waals surface area contributed by atoms with Crippen LogP contribution in [-0.2, 0) is 9.84 Å². The summed E-state index contributed by atoms with van der Waals surface area (Å²) >= 11 is 3.49. The van der Waals surface area contributed by atoms with Crippen molar-refractivity contribution in [3.63, 3.8) is 0 Å². The number of carbonyl (C=O) groups excluding carboxylic acids is 1. The molecule has 7 heteroatoms. The summed E-state index contributed by atoms with van der Waals surface area (Å²) in [7, 11) is -3.34. The molecule has 0 saturated heterocycles. The molecular formula is C26H22BrNO4S. The number of benzene rings is 3. The fourth-order valence-corrected chi connectivity index (χ4v) is 5.14. The lowest BCUT2D eigenvalue weighted by molar-refractivity contribution is 0.100. The maximum atomic E-state index is 13.7. The zero-order valence-corrected chi connectivity index (χ0v) is 20.8. The third-order valence-electron chi connectivity index (χ3n) is 5.75. The first-order valence-corrected chi connectivity index (χ1v) is 13.0. The van der Waals surface area contributed by atoms with Gasteiger partial charge in [0.05, 0.1) is 16.6 Å². The number of hydrogen-bond donors (Lipinski definition) is 0. The zero-order valence-electron chi connectivity index (χ0n) is 18.4. The van der Waals surface area contributed by atoms with Gasteiger partial charge in [-0.3, -0.25) is 14.2 Å². The maximum Gasteiger partial charge on any atom is 0.259 e. The fourth-order valence-electron chi connectivity index (χ4n) is 4.14. The normalized spacial score (nSPS) is 12.6. The highest BCUT2D eigenvalue weighted by molar-refractivity contribution is 9.10. The number of fused-ring (bicyclic) bond motifs is 1. The molecular weight excluding hydrogens is 502 g/mol. The molecule has 1 aromatic heterocycles. The van der Waals surface area contributed by atoms with Gasteiger partial charge < -0.3 is 0 Å². The van der Waals surface area contributed by atoms with Crippen molar-refractivity contribution in [1.82, 2.24) is 4.57 Å². The molecule has 4 rings (SSSR count). The van der Waals surface area contributed by atoms with Crippen LogP contribution in [0, 0.1) is 0 Å². The first kappa shape index (κ1) is 23.1. The Balaban J connectivity index is 2.08. The van der Waals surface area contributed by atoms with Crippen LogP contribution >= 0.6 is 15.9 Å². The number of hydrogen-bond acceptors (Lipinski definition) is 4. The van der Waals surface area contributed by atoms with E-state index in [4.69, 9.17) is 0 Å². The van der Waals surface area contributed by atoms with Crippen LogP contribution in [0.4, 0.5) is 0 Å². The molecule has 0 spiro atoms. The van der Waals surface area contributed by atoms with Crippen LogP contribution in [0.1, 0.15) is 35.9 Å². The van der Waals surface area contributed by atoms with Crippen LogP contribution in [-0.4, -0.2) is 25.0 Å². The van der Waals surface area contributed by atoms with Gasteiger partial charge in [0.1, 0.15) is 0 Å². The highest BCUT2D eigenvalue weighted by Gasteiger charge is 2.25. The molecule has 1 unspecified atom stereocenters. The van der Waals surface area contributed by atoms with E-state index < -0.39 is 15.9 Å². The van der Waals surface area contributed by atoms with E-state index in [1.807, 2.05) is 49.4 Å². The first-order chi connectivity index (χ1) is 15.6. The molecule has 0 aliphatic carbocycles. The van der Waals surface area contributed by atoms with Gasteiger partial charge in [0, 0.05) is 28.6 Å². The van der Waals surface area contributed by atoms with Gasteiger partial charge in [-0.05, 0) is 53.8 Å². The summed E-state index contributed by atoms with van der Waals surface area (Å²) in [6.45, 7) is 3.30. The van der Waals surface area contributed by atoms with Gasteiger partial charge in [-0.25, -0.2) is 8.42 Å². The Labute approximate surface area is 200 Å².